The van der Waals surface area contributed by atoms with Gasteiger partial charge in [-0.1, -0.05) is 56.7 Å². The lowest BCUT2D eigenvalue weighted by molar-refractivity contribution is 0.286. The summed E-state index contributed by atoms with van der Waals surface area (Å²) in [6.07, 6.45) is 8.79. The van der Waals surface area contributed by atoms with E-state index < -0.39 is 0 Å². The predicted octanol–water partition coefficient (Wildman–Crippen LogP) is 6.25. The van der Waals surface area contributed by atoms with Crippen molar-refractivity contribution < 1.29 is 4.39 Å². The Morgan fingerprint density at radius 3 is 2.48 bits per heavy atom. The summed E-state index contributed by atoms with van der Waals surface area (Å²) in [5.41, 5.74) is 0.718. The molecular formula is C17H24BrClFN. The highest BCUT2D eigenvalue weighted by Gasteiger charge is 2.26. The van der Waals surface area contributed by atoms with Crippen LogP contribution in [0, 0.1) is 11.7 Å². The highest BCUT2D eigenvalue weighted by Crippen LogP contribution is 2.37. The van der Waals surface area contributed by atoms with Gasteiger partial charge in [0.25, 0.3) is 0 Å². The first-order valence-corrected chi connectivity index (χ1v) is 9.19. The first-order chi connectivity index (χ1) is 10.1. The zero-order chi connectivity index (χ0) is 15.2. The van der Waals surface area contributed by atoms with Gasteiger partial charge >= 0.3 is 0 Å². The zero-order valence-corrected chi connectivity index (χ0v) is 14.9. The summed E-state index contributed by atoms with van der Waals surface area (Å²) in [6.45, 7) is 2.92. The van der Waals surface area contributed by atoms with Crippen LogP contribution < -0.4 is 5.32 Å². The number of benzene rings is 1. The first-order valence-electron chi connectivity index (χ1n) is 8.02. The van der Waals surface area contributed by atoms with E-state index in [1.165, 1.54) is 44.9 Å². The molecule has 1 aliphatic carbocycles. The van der Waals surface area contributed by atoms with Crippen molar-refractivity contribution >= 4 is 27.5 Å². The molecule has 1 saturated carbocycles. The maximum Gasteiger partial charge on any atom is 0.147 e. The van der Waals surface area contributed by atoms with Gasteiger partial charge in [-0.25, -0.2) is 4.39 Å². The third kappa shape index (κ3) is 4.43. The van der Waals surface area contributed by atoms with Gasteiger partial charge in [-0.3, -0.25) is 0 Å². The van der Waals surface area contributed by atoms with Crippen LogP contribution in [-0.4, -0.2) is 6.54 Å². The van der Waals surface area contributed by atoms with Crippen molar-refractivity contribution in [3.63, 3.8) is 0 Å². The van der Waals surface area contributed by atoms with Crippen molar-refractivity contribution in [3.05, 3.63) is 33.0 Å². The fraction of sp³-hybridized carbons (Fsp3) is 0.647. The Morgan fingerprint density at radius 1 is 1.24 bits per heavy atom. The molecule has 0 amide bonds. The van der Waals surface area contributed by atoms with Gasteiger partial charge in [-0.2, -0.15) is 0 Å². The van der Waals surface area contributed by atoms with Crippen LogP contribution in [0.2, 0.25) is 5.02 Å². The number of hydrogen-bond acceptors (Lipinski definition) is 1. The van der Waals surface area contributed by atoms with E-state index in [1.54, 1.807) is 0 Å². The standard InChI is InChI=1S/C17H24BrClFN/c1-2-21-17(12-8-6-4-3-5-7-9-12)13-10-11-14(18)15(19)16(13)20/h10-12,17,21H,2-9H2,1H3. The van der Waals surface area contributed by atoms with Crippen LogP contribution in [-0.2, 0) is 0 Å². The zero-order valence-electron chi connectivity index (χ0n) is 12.6. The number of rotatable bonds is 4. The molecule has 0 saturated heterocycles. The van der Waals surface area contributed by atoms with Gasteiger partial charge < -0.3 is 5.32 Å². The topological polar surface area (TPSA) is 12.0 Å². The number of hydrogen-bond donors (Lipinski definition) is 1. The van der Waals surface area contributed by atoms with Gasteiger partial charge in [-0.15, -0.1) is 0 Å². The molecule has 1 fully saturated rings. The van der Waals surface area contributed by atoms with Gasteiger partial charge in [0.05, 0.1) is 5.02 Å². The molecule has 1 aromatic carbocycles. The minimum atomic E-state index is -0.279. The maximum atomic E-state index is 14.6. The lowest BCUT2D eigenvalue weighted by atomic mass is 9.82. The van der Waals surface area contributed by atoms with E-state index in [0.29, 0.717) is 10.4 Å². The first kappa shape index (κ1) is 17.2. The molecule has 0 heterocycles. The van der Waals surface area contributed by atoms with Crippen molar-refractivity contribution in [1.29, 1.82) is 0 Å². The Morgan fingerprint density at radius 2 is 1.86 bits per heavy atom. The summed E-state index contributed by atoms with van der Waals surface area (Å²) in [6, 6.07) is 3.80. The SMILES string of the molecule is CCNC(c1ccc(Br)c(Cl)c1F)C1CCCCCCC1. The Hall–Kier alpha value is -0.120. The Balaban J connectivity index is 2.26. The van der Waals surface area contributed by atoms with Crippen molar-refractivity contribution in [1.82, 2.24) is 5.32 Å². The number of nitrogens with one attached hydrogen (secondary N) is 1. The molecule has 21 heavy (non-hydrogen) atoms. The van der Waals surface area contributed by atoms with Crippen molar-refractivity contribution in [2.75, 3.05) is 6.54 Å². The lowest BCUT2D eigenvalue weighted by Gasteiger charge is -2.30. The number of halogens is 3. The van der Waals surface area contributed by atoms with Gasteiger partial charge in [-0.05, 0) is 47.3 Å². The second kappa shape index (κ2) is 8.50. The van der Waals surface area contributed by atoms with Crippen LogP contribution in [0.1, 0.15) is 63.5 Å². The van der Waals surface area contributed by atoms with Gasteiger partial charge in [0.1, 0.15) is 5.82 Å². The monoisotopic (exact) mass is 375 g/mol. The Kier molecular flexibility index (Phi) is 6.97. The average Bonchev–Trinajstić information content (AvgIpc) is 2.43. The highest BCUT2D eigenvalue weighted by molar-refractivity contribution is 9.10. The smallest absolute Gasteiger partial charge is 0.147 e. The van der Waals surface area contributed by atoms with Crippen LogP contribution >= 0.6 is 27.5 Å². The van der Waals surface area contributed by atoms with E-state index in [2.05, 4.69) is 28.2 Å². The molecule has 0 spiro atoms. The molecule has 1 aliphatic rings. The van der Waals surface area contributed by atoms with Crippen LogP contribution in [0.15, 0.2) is 16.6 Å². The fourth-order valence-electron chi connectivity index (χ4n) is 3.35. The van der Waals surface area contributed by atoms with E-state index >= 15 is 0 Å². The fourth-order valence-corrected chi connectivity index (χ4v) is 3.83. The maximum absolute atomic E-state index is 14.6. The van der Waals surface area contributed by atoms with Crippen LogP contribution in [0.4, 0.5) is 4.39 Å². The summed E-state index contributed by atoms with van der Waals surface area (Å²) < 4.78 is 15.2. The van der Waals surface area contributed by atoms with Crippen molar-refractivity contribution in [2.45, 2.75) is 57.9 Å². The largest absolute Gasteiger partial charge is 0.310 e. The van der Waals surface area contributed by atoms with Gasteiger partial charge in [0.2, 0.25) is 0 Å². The summed E-state index contributed by atoms with van der Waals surface area (Å²) in [5, 5.41) is 3.69. The predicted molar refractivity (Wildman–Crippen MR) is 91.3 cm³/mol. The molecular weight excluding hydrogens is 353 g/mol. The van der Waals surface area contributed by atoms with Crippen molar-refractivity contribution in [2.24, 2.45) is 5.92 Å². The minimum absolute atomic E-state index is 0.0682. The van der Waals surface area contributed by atoms with E-state index in [1.807, 2.05) is 12.1 Å². The molecule has 0 aromatic heterocycles. The van der Waals surface area contributed by atoms with Crippen LogP contribution in [0.25, 0.3) is 0 Å². The molecule has 1 atom stereocenters. The minimum Gasteiger partial charge on any atom is -0.310 e. The Labute approximate surface area is 140 Å². The molecule has 0 radical (unpaired) electrons. The third-order valence-electron chi connectivity index (χ3n) is 4.45. The second-order valence-corrected chi connectivity index (χ2v) is 7.14. The molecule has 1 nitrogen and oxygen atoms in total. The molecule has 0 bridgehead atoms. The molecule has 0 aliphatic heterocycles. The van der Waals surface area contributed by atoms with Crippen molar-refractivity contribution in [3.8, 4) is 0 Å². The van der Waals surface area contributed by atoms with Crippen LogP contribution in [0.5, 0.6) is 0 Å². The van der Waals surface area contributed by atoms with Crippen LogP contribution in [0.3, 0.4) is 0 Å². The molecule has 1 unspecified atom stereocenters. The summed E-state index contributed by atoms with van der Waals surface area (Å²) >= 11 is 9.37. The Bertz CT molecular complexity index is 458. The van der Waals surface area contributed by atoms with Gasteiger partial charge in [0.15, 0.2) is 0 Å². The van der Waals surface area contributed by atoms with E-state index in [-0.39, 0.29) is 16.9 Å². The molecule has 2 rings (SSSR count). The average molecular weight is 377 g/mol. The summed E-state index contributed by atoms with van der Waals surface area (Å²) in [4.78, 5) is 0. The summed E-state index contributed by atoms with van der Waals surface area (Å²) in [7, 11) is 0. The van der Waals surface area contributed by atoms with E-state index in [0.717, 1.165) is 12.1 Å². The van der Waals surface area contributed by atoms with E-state index in [4.69, 9.17) is 11.6 Å². The molecule has 1 aromatic rings. The summed E-state index contributed by atoms with van der Waals surface area (Å²) in [5.74, 6) is 0.219. The molecule has 4 heteroatoms. The van der Waals surface area contributed by atoms with E-state index in [9.17, 15) is 4.39 Å². The quantitative estimate of drug-likeness (QED) is 0.612. The highest BCUT2D eigenvalue weighted by atomic mass is 79.9. The second-order valence-electron chi connectivity index (χ2n) is 5.91. The van der Waals surface area contributed by atoms with Gasteiger partial charge in [0, 0.05) is 16.1 Å². The molecule has 1 N–H and O–H groups in total. The molecule has 118 valence electrons. The normalized spacial score (nSPS) is 19.0. The lowest BCUT2D eigenvalue weighted by Crippen LogP contribution is -2.29. The third-order valence-corrected chi connectivity index (χ3v) is 5.70.